The van der Waals surface area contributed by atoms with Crippen molar-refractivity contribution in [2.45, 2.75) is 0 Å². The second-order valence-corrected chi connectivity index (χ2v) is 5.52. The Labute approximate surface area is 141 Å². The van der Waals surface area contributed by atoms with Gasteiger partial charge in [0.05, 0.1) is 0 Å². The predicted octanol–water partition coefficient (Wildman–Crippen LogP) is 2.97. The smallest absolute Gasteiger partial charge is 0.257 e. The zero-order valence-electron chi connectivity index (χ0n) is 12.2. The maximum atomic E-state index is 13.3. The molecule has 0 saturated carbocycles. The van der Waals surface area contributed by atoms with Crippen molar-refractivity contribution in [3.63, 3.8) is 0 Å². The summed E-state index contributed by atoms with van der Waals surface area (Å²) in [4.78, 5) is 23.3. The van der Waals surface area contributed by atoms with E-state index in [0.29, 0.717) is 15.9 Å². The van der Waals surface area contributed by atoms with Crippen LogP contribution in [0.2, 0.25) is 0 Å². The van der Waals surface area contributed by atoms with Crippen LogP contribution in [-0.4, -0.2) is 25.5 Å². The van der Waals surface area contributed by atoms with E-state index in [1.165, 1.54) is 19.2 Å². The Kier molecular flexibility index (Phi) is 5.70. The van der Waals surface area contributed by atoms with Gasteiger partial charge in [-0.1, -0.05) is 22.0 Å². The normalized spacial score (nSPS) is 10.0. The van der Waals surface area contributed by atoms with Gasteiger partial charge < -0.3 is 15.4 Å². The number of halogens is 2. The van der Waals surface area contributed by atoms with Crippen molar-refractivity contribution in [2.24, 2.45) is 0 Å². The number of hydrogen-bond acceptors (Lipinski definition) is 3. The van der Waals surface area contributed by atoms with Crippen molar-refractivity contribution in [1.29, 1.82) is 0 Å². The van der Waals surface area contributed by atoms with Crippen molar-refractivity contribution in [3.8, 4) is 5.75 Å². The summed E-state index contributed by atoms with van der Waals surface area (Å²) in [6.45, 7) is -0.120. The van der Waals surface area contributed by atoms with Gasteiger partial charge >= 0.3 is 0 Å². The van der Waals surface area contributed by atoms with E-state index in [4.69, 9.17) is 4.74 Å². The molecule has 2 rings (SSSR count). The lowest BCUT2D eigenvalue weighted by molar-refractivity contribution is -0.122. The second kappa shape index (κ2) is 7.73. The highest BCUT2D eigenvalue weighted by atomic mass is 79.9. The van der Waals surface area contributed by atoms with Crippen molar-refractivity contribution >= 4 is 33.4 Å². The van der Waals surface area contributed by atoms with E-state index in [-0.39, 0.29) is 18.1 Å². The molecule has 0 fully saturated rings. The minimum Gasteiger partial charge on any atom is -0.484 e. The summed E-state index contributed by atoms with van der Waals surface area (Å²) in [6.07, 6.45) is 0. The molecule has 2 amide bonds. The lowest BCUT2D eigenvalue weighted by atomic mass is 10.2. The van der Waals surface area contributed by atoms with Gasteiger partial charge in [0.15, 0.2) is 6.61 Å². The highest BCUT2D eigenvalue weighted by molar-refractivity contribution is 9.10. The third-order valence-electron chi connectivity index (χ3n) is 2.87. The Hall–Kier alpha value is -2.41. The van der Waals surface area contributed by atoms with Crippen LogP contribution in [0.5, 0.6) is 5.75 Å². The number of carbonyl (C=O) groups excluding carboxylic acids is 2. The van der Waals surface area contributed by atoms with Crippen LogP contribution in [0.1, 0.15) is 10.4 Å². The molecule has 0 radical (unpaired) electrons. The molecular formula is C16H14BrFN2O3. The molecule has 0 saturated heterocycles. The molecule has 2 aromatic rings. The van der Waals surface area contributed by atoms with Gasteiger partial charge in [-0.15, -0.1) is 0 Å². The van der Waals surface area contributed by atoms with E-state index in [0.717, 1.165) is 6.07 Å². The summed E-state index contributed by atoms with van der Waals surface area (Å²) < 4.78 is 19.1. The quantitative estimate of drug-likeness (QED) is 0.837. The molecule has 5 nitrogen and oxygen atoms in total. The Balaban J connectivity index is 2.07. The van der Waals surface area contributed by atoms with Gasteiger partial charge in [-0.25, -0.2) is 4.39 Å². The Bertz CT molecular complexity index is 717. The summed E-state index contributed by atoms with van der Waals surface area (Å²) in [5, 5.41) is 5.09. The first-order chi connectivity index (χ1) is 11.0. The van der Waals surface area contributed by atoms with Crippen molar-refractivity contribution in [3.05, 3.63) is 58.3 Å². The van der Waals surface area contributed by atoms with Crippen LogP contribution in [0.3, 0.4) is 0 Å². The molecule has 0 aliphatic carbocycles. The van der Waals surface area contributed by atoms with Crippen LogP contribution < -0.4 is 15.4 Å². The molecule has 0 bridgehead atoms. The largest absolute Gasteiger partial charge is 0.484 e. The second-order valence-electron chi connectivity index (χ2n) is 4.60. The first-order valence-electron chi connectivity index (χ1n) is 6.69. The number of anilines is 1. The molecule has 7 heteroatoms. The molecule has 0 atom stereocenters. The molecule has 2 N–H and O–H groups in total. The first kappa shape index (κ1) is 17.0. The lowest BCUT2D eigenvalue weighted by Gasteiger charge is -2.09. The molecule has 0 aromatic heterocycles. The SMILES string of the molecule is CNC(=O)COc1cccc(NC(=O)c2cc(F)cc(Br)c2)c1. The van der Waals surface area contributed by atoms with E-state index in [1.54, 1.807) is 24.3 Å². The minimum atomic E-state index is -0.507. The number of ether oxygens (including phenoxy) is 1. The van der Waals surface area contributed by atoms with E-state index in [1.807, 2.05) is 0 Å². The fourth-order valence-corrected chi connectivity index (χ4v) is 2.24. The highest BCUT2D eigenvalue weighted by Gasteiger charge is 2.09. The third kappa shape index (κ3) is 5.07. The summed E-state index contributed by atoms with van der Waals surface area (Å²) in [5.41, 5.74) is 0.665. The Morgan fingerprint density at radius 3 is 2.70 bits per heavy atom. The number of nitrogens with one attached hydrogen (secondary N) is 2. The van der Waals surface area contributed by atoms with E-state index in [9.17, 15) is 14.0 Å². The van der Waals surface area contributed by atoms with Crippen LogP contribution in [-0.2, 0) is 4.79 Å². The summed E-state index contributed by atoms with van der Waals surface area (Å²) in [7, 11) is 1.51. The number of carbonyl (C=O) groups is 2. The van der Waals surface area contributed by atoms with Gasteiger partial charge in [0, 0.05) is 28.8 Å². The fraction of sp³-hybridized carbons (Fsp3) is 0.125. The van der Waals surface area contributed by atoms with Gasteiger partial charge in [-0.3, -0.25) is 9.59 Å². The van der Waals surface area contributed by atoms with Gasteiger partial charge in [-0.05, 0) is 30.3 Å². The maximum absolute atomic E-state index is 13.3. The lowest BCUT2D eigenvalue weighted by Crippen LogP contribution is -2.24. The van der Waals surface area contributed by atoms with Crippen LogP contribution >= 0.6 is 15.9 Å². The van der Waals surface area contributed by atoms with Crippen molar-refractivity contribution < 1.29 is 18.7 Å². The highest BCUT2D eigenvalue weighted by Crippen LogP contribution is 2.20. The molecule has 0 unspecified atom stereocenters. The summed E-state index contributed by atoms with van der Waals surface area (Å²) >= 11 is 3.14. The predicted molar refractivity (Wildman–Crippen MR) is 88.1 cm³/mol. The average Bonchev–Trinajstić information content (AvgIpc) is 2.52. The monoisotopic (exact) mass is 380 g/mol. The molecule has 0 aliphatic heterocycles. The fourth-order valence-electron chi connectivity index (χ4n) is 1.77. The number of benzene rings is 2. The first-order valence-corrected chi connectivity index (χ1v) is 7.48. The zero-order chi connectivity index (χ0) is 16.8. The molecule has 0 heterocycles. The van der Waals surface area contributed by atoms with E-state index >= 15 is 0 Å². The van der Waals surface area contributed by atoms with Crippen LogP contribution in [0.25, 0.3) is 0 Å². The number of hydrogen-bond donors (Lipinski definition) is 2. The van der Waals surface area contributed by atoms with Crippen LogP contribution in [0, 0.1) is 5.82 Å². The summed E-state index contributed by atoms with van der Waals surface area (Å²) in [6, 6.07) is 10.5. The number of amides is 2. The number of rotatable bonds is 5. The third-order valence-corrected chi connectivity index (χ3v) is 3.32. The van der Waals surface area contributed by atoms with Gasteiger partial charge in [-0.2, -0.15) is 0 Å². The Morgan fingerprint density at radius 2 is 2.00 bits per heavy atom. The molecule has 120 valence electrons. The Morgan fingerprint density at radius 1 is 1.22 bits per heavy atom. The molecule has 23 heavy (non-hydrogen) atoms. The molecule has 2 aromatic carbocycles. The van der Waals surface area contributed by atoms with Crippen LogP contribution in [0.15, 0.2) is 46.9 Å². The zero-order valence-corrected chi connectivity index (χ0v) is 13.8. The van der Waals surface area contributed by atoms with Gasteiger partial charge in [0.25, 0.3) is 11.8 Å². The average molecular weight is 381 g/mol. The van der Waals surface area contributed by atoms with Gasteiger partial charge in [0.1, 0.15) is 11.6 Å². The van der Waals surface area contributed by atoms with Gasteiger partial charge in [0.2, 0.25) is 0 Å². The van der Waals surface area contributed by atoms with Crippen molar-refractivity contribution in [2.75, 3.05) is 19.0 Å². The van der Waals surface area contributed by atoms with Crippen molar-refractivity contribution in [1.82, 2.24) is 5.32 Å². The minimum absolute atomic E-state index is 0.120. The molecular weight excluding hydrogens is 367 g/mol. The standard InChI is InChI=1S/C16H14BrFN2O3/c1-19-15(21)9-23-14-4-2-3-13(8-14)20-16(22)10-5-11(17)7-12(18)6-10/h2-8H,9H2,1H3,(H,19,21)(H,20,22). The van der Waals surface area contributed by atoms with E-state index < -0.39 is 11.7 Å². The van der Waals surface area contributed by atoms with E-state index in [2.05, 4.69) is 26.6 Å². The van der Waals surface area contributed by atoms with Crippen LogP contribution in [0.4, 0.5) is 10.1 Å². The molecule has 0 spiro atoms. The maximum Gasteiger partial charge on any atom is 0.257 e. The summed E-state index contributed by atoms with van der Waals surface area (Å²) in [5.74, 6) is -0.781. The molecule has 0 aliphatic rings. The number of likely N-dealkylation sites (N-methyl/N-ethyl adjacent to an activating group) is 1. The topological polar surface area (TPSA) is 67.4 Å².